The molecule has 0 aromatic heterocycles. The second kappa shape index (κ2) is 6.24. The maximum absolute atomic E-state index is 5.92. The smallest absolute Gasteiger partial charge is 0.0966 e. The molecule has 0 N–H and O–H groups in total. The summed E-state index contributed by atoms with van der Waals surface area (Å²) in [6.45, 7) is 4.67. The van der Waals surface area contributed by atoms with E-state index in [4.69, 9.17) is 7.85 Å². The molecule has 0 aliphatic heterocycles. The number of hydrogen-bond donors (Lipinski definition) is 0. The molecule has 0 saturated carbocycles. The van der Waals surface area contributed by atoms with E-state index in [0.717, 1.165) is 5.46 Å². The average Bonchev–Trinajstić information content (AvgIpc) is 2.96. The monoisotopic (exact) mass is 356 g/mol. The third-order valence-corrected chi connectivity index (χ3v) is 6.01. The summed E-state index contributed by atoms with van der Waals surface area (Å²) in [4.78, 5) is 0. The first kappa shape index (κ1) is 17.1. The van der Waals surface area contributed by atoms with Crippen molar-refractivity contribution in [2.24, 2.45) is 0 Å². The fraction of sp³-hybridized carbons (Fsp3) is 0.111. The lowest BCUT2D eigenvalue weighted by molar-refractivity contribution is 0.660. The third-order valence-electron chi connectivity index (χ3n) is 6.01. The molecule has 0 amide bonds. The van der Waals surface area contributed by atoms with Gasteiger partial charge in [0.15, 0.2) is 0 Å². The van der Waals surface area contributed by atoms with Crippen LogP contribution in [-0.4, -0.2) is 7.85 Å². The molecule has 2 radical (unpaired) electrons. The Hall–Kier alpha value is -3.06. The Morgan fingerprint density at radius 3 is 2.00 bits per heavy atom. The van der Waals surface area contributed by atoms with Crippen molar-refractivity contribution < 1.29 is 0 Å². The predicted molar refractivity (Wildman–Crippen MR) is 120 cm³/mol. The second-order valence-electron chi connectivity index (χ2n) is 8.10. The van der Waals surface area contributed by atoms with E-state index < -0.39 is 0 Å². The Morgan fingerprint density at radius 1 is 0.571 bits per heavy atom. The molecule has 0 nitrogen and oxygen atoms in total. The zero-order valence-corrected chi connectivity index (χ0v) is 16.2. The van der Waals surface area contributed by atoms with Gasteiger partial charge in [-0.3, -0.25) is 0 Å². The van der Waals surface area contributed by atoms with Crippen LogP contribution in [-0.2, 0) is 5.41 Å². The standard InChI is InChI=1S/C27H21B/c1-27(2)24-11-7-6-10-22(24)26-23(19-8-4-3-5-9-19)16-20(17-25(26)27)18-12-14-21(28)15-13-18/h3-17H,1-2H3. The summed E-state index contributed by atoms with van der Waals surface area (Å²) in [5.41, 5.74) is 11.3. The van der Waals surface area contributed by atoms with E-state index in [0.29, 0.717) is 0 Å². The van der Waals surface area contributed by atoms with Crippen LogP contribution in [0.4, 0.5) is 0 Å². The molecule has 0 spiro atoms. The molecule has 1 aliphatic carbocycles. The quantitative estimate of drug-likeness (QED) is 0.380. The second-order valence-corrected chi connectivity index (χ2v) is 8.10. The van der Waals surface area contributed by atoms with Gasteiger partial charge in [-0.05, 0) is 56.6 Å². The molecule has 1 aliphatic rings. The average molecular weight is 356 g/mol. The molecule has 1 heteroatoms. The van der Waals surface area contributed by atoms with Gasteiger partial charge >= 0.3 is 0 Å². The molecule has 28 heavy (non-hydrogen) atoms. The molecule has 5 rings (SSSR count). The minimum absolute atomic E-state index is 0.0285. The van der Waals surface area contributed by atoms with Crippen LogP contribution in [0.1, 0.15) is 25.0 Å². The summed E-state index contributed by atoms with van der Waals surface area (Å²) < 4.78 is 0. The van der Waals surface area contributed by atoms with Crippen LogP contribution in [0.25, 0.3) is 33.4 Å². The molecule has 0 heterocycles. The van der Waals surface area contributed by atoms with Crippen molar-refractivity contribution in [3.63, 3.8) is 0 Å². The number of fused-ring (bicyclic) bond motifs is 3. The van der Waals surface area contributed by atoms with Crippen molar-refractivity contribution in [2.75, 3.05) is 0 Å². The minimum Gasteiger partial charge on any atom is -0.0966 e. The highest BCUT2D eigenvalue weighted by Crippen LogP contribution is 2.53. The lowest BCUT2D eigenvalue weighted by Crippen LogP contribution is -2.15. The minimum atomic E-state index is -0.0285. The van der Waals surface area contributed by atoms with Crippen LogP contribution < -0.4 is 5.46 Å². The van der Waals surface area contributed by atoms with Crippen LogP contribution in [0.3, 0.4) is 0 Å². The molecular weight excluding hydrogens is 335 g/mol. The zero-order valence-electron chi connectivity index (χ0n) is 16.2. The van der Waals surface area contributed by atoms with E-state index in [1.807, 2.05) is 12.1 Å². The summed E-state index contributed by atoms with van der Waals surface area (Å²) in [6.07, 6.45) is 0. The SMILES string of the molecule is [B]c1ccc(-c2cc(-c3ccccc3)c3c(c2)C(C)(C)c2ccccc2-3)cc1. The lowest BCUT2D eigenvalue weighted by Gasteiger charge is -2.23. The highest BCUT2D eigenvalue weighted by molar-refractivity contribution is 6.32. The Bertz CT molecular complexity index is 1170. The molecule has 0 atom stereocenters. The van der Waals surface area contributed by atoms with Gasteiger partial charge in [-0.2, -0.15) is 0 Å². The van der Waals surface area contributed by atoms with Crippen LogP contribution in [0.5, 0.6) is 0 Å². The van der Waals surface area contributed by atoms with Gasteiger partial charge in [-0.15, -0.1) is 0 Å². The third kappa shape index (κ3) is 2.54. The van der Waals surface area contributed by atoms with Gasteiger partial charge in [0.2, 0.25) is 0 Å². The Morgan fingerprint density at radius 2 is 1.25 bits per heavy atom. The number of hydrogen-bond acceptors (Lipinski definition) is 0. The summed E-state index contributed by atoms with van der Waals surface area (Å²) in [5, 5.41) is 0. The topological polar surface area (TPSA) is 0 Å². The van der Waals surface area contributed by atoms with Gasteiger partial charge in [-0.25, -0.2) is 0 Å². The van der Waals surface area contributed by atoms with Gasteiger partial charge < -0.3 is 0 Å². The maximum atomic E-state index is 5.92. The Balaban J connectivity index is 1.85. The predicted octanol–water partition coefficient (Wildman–Crippen LogP) is 6.12. The van der Waals surface area contributed by atoms with E-state index in [1.54, 1.807) is 0 Å². The highest BCUT2D eigenvalue weighted by atomic mass is 14.4. The Kier molecular flexibility index (Phi) is 3.80. The molecule has 0 bridgehead atoms. The maximum Gasteiger partial charge on any atom is 0.113 e. The van der Waals surface area contributed by atoms with Gasteiger partial charge in [0.25, 0.3) is 0 Å². The van der Waals surface area contributed by atoms with Crippen molar-refractivity contribution in [1.29, 1.82) is 0 Å². The van der Waals surface area contributed by atoms with Gasteiger partial charge in [-0.1, -0.05) is 98.2 Å². The van der Waals surface area contributed by atoms with Crippen LogP contribution in [0, 0.1) is 0 Å². The summed E-state index contributed by atoms with van der Waals surface area (Å²) in [5.74, 6) is 0. The molecular formula is C27H21B. The van der Waals surface area contributed by atoms with E-state index >= 15 is 0 Å². The molecule has 4 aromatic carbocycles. The van der Waals surface area contributed by atoms with E-state index in [9.17, 15) is 0 Å². The first-order valence-electron chi connectivity index (χ1n) is 9.75. The first-order chi connectivity index (χ1) is 13.6. The largest absolute Gasteiger partial charge is 0.113 e. The molecule has 0 fully saturated rings. The van der Waals surface area contributed by atoms with E-state index in [-0.39, 0.29) is 5.41 Å². The van der Waals surface area contributed by atoms with Gasteiger partial charge in [0, 0.05) is 5.41 Å². The normalized spacial score (nSPS) is 13.8. The van der Waals surface area contributed by atoms with Crippen LogP contribution in [0.15, 0.2) is 91.0 Å². The highest BCUT2D eigenvalue weighted by Gasteiger charge is 2.37. The summed E-state index contributed by atoms with van der Waals surface area (Å²) in [7, 11) is 5.92. The molecule has 4 aromatic rings. The van der Waals surface area contributed by atoms with Crippen molar-refractivity contribution >= 4 is 13.3 Å². The molecule has 0 unspecified atom stereocenters. The van der Waals surface area contributed by atoms with Crippen molar-refractivity contribution in [1.82, 2.24) is 0 Å². The van der Waals surface area contributed by atoms with E-state index in [2.05, 4.69) is 92.7 Å². The number of rotatable bonds is 2. The van der Waals surface area contributed by atoms with Gasteiger partial charge in [0.05, 0.1) is 0 Å². The zero-order chi connectivity index (χ0) is 19.3. The van der Waals surface area contributed by atoms with Crippen LogP contribution >= 0.6 is 0 Å². The van der Waals surface area contributed by atoms with E-state index in [1.165, 1.54) is 44.5 Å². The summed E-state index contributed by atoms with van der Waals surface area (Å²) in [6, 6.07) is 32.4. The Labute approximate surface area is 168 Å². The molecule has 132 valence electrons. The van der Waals surface area contributed by atoms with Crippen LogP contribution in [0.2, 0.25) is 0 Å². The van der Waals surface area contributed by atoms with Gasteiger partial charge in [0.1, 0.15) is 7.85 Å². The lowest BCUT2D eigenvalue weighted by atomic mass is 9.80. The molecule has 0 saturated heterocycles. The fourth-order valence-electron chi connectivity index (χ4n) is 4.50. The summed E-state index contributed by atoms with van der Waals surface area (Å²) >= 11 is 0. The fourth-order valence-corrected chi connectivity index (χ4v) is 4.50. The van der Waals surface area contributed by atoms with Crippen molar-refractivity contribution in [2.45, 2.75) is 19.3 Å². The first-order valence-corrected chi connectivity index (χ1v) is 9.75. The number of benzene rings is 4. The van der Waals surface area contributed by atoms with Crippen molar-refractivity contribution in [3.05, 3.63) is 102 Å². The van der Waals surface area contributed by atoms with Crippen molar-refractivity contribution in [3.8, 4) is 33.4 Å².